The van der Waals surface area contributed by atoms with Crippen molar-refractivity contribution >= 4 is 17.4 Å². The minimum Gasteiger partial charge on any atom is -0.497 e. The summed E-state index contributed by atoms with van der Waals surface area (Å²) in [6.45, 7) is 2.65. The first-order valence-corrected chi connectivity index (χ1v) is 10.1. The van der Waals surface area contributed by atoms with Crippen LogP contribution in [0.5, 0.6) is 5.75 Å². The van der Waals surface area contributed by atoms with Crippen molar-refractivity contribution in [3.63, 3.8) is 0 Å². The molecule has 0 spiro atoms. The van der Waals surface area contributed by atoms with Gasteiger partial charge < -0.3 is 20.3 Å². The standard InChI is InChI=1S/C24H26N4O2/c1-30-22-9-5-6-18(14-22)15-25-21-12-13-28(17-21)23-11-10-19(16-26-23)24(29)27-20-7-3-2-4-8-20/h2-11,14,16,21,25H,12-13,15,17H2,1H3,(H,27,29). The smallest absolute Gasteiger partial charge is 0.257 e. The number of aromatic nitrogens is 1. The zero-order valence-corrected chi connectivity index (χ0v) is 17.0. The van der Waals surface area contributed by atoms with E-state index in [9.17, 15) is 4.79 Å². The van der Waals surface area contributed by atoms with Crippen LogP contribution in [0.4, 0.5) is 11.5 Å². The quantitative estimate of drug-likeness (QED) is 0.631. The molecule has 1 atom stereocenters. The van der Waals surface area contributed by atoms with Gasteiger partial charge in [0.1, 0.15) is 11.6 Å². The van der Waals surface area contributed by atoms with E-state index in [4.69, 9.17) is 4.74 Å². The van der Waals surface area contributed by atoms with E-state index in [1.165, 1.54) is 5.56 Å². The highest BCUT2D eigenvalue weighted by atomic mass is 16.5. The zero-order chi connectivity index (χ0) is 20.8. The number of carbonyl (C=O) groups is 1. The Kier molecular flexibility index (Phi) is 6.25. The Bertz CT molecular complexity index is 976. The van der Waals surface area contributed by atoms with E-state index in [1.807, 2.05) is 54.6 Å². The summed E-state index contributed by atoms with van der Waals surface area (Å²) >= 11 is 0. The highest BCUT2D eigenvalue weighted by Crippen LogP contribution is 2.20. The molecule has 3 aromatic rings. The molecule has 0 saturated carbocycles. The number of methoxy groups -OCH3 is 1. The monoisotopic (exact) mass is 402 g/mol. The lowest BCUT2D eigenvalue weighted by atomic mass is 10.2. The van der Waals surface area contributed by atoms with Crippen molar-refractivity contribution in [2.45, 2.75) is 19.0 Å². The molecule has 2 heterocycles. The first-order valence-electron chi connectivity index (χ1n) is 10.1. The normalized spacial score (nSPS) is 15.8. The van der Waals surface area contributed by atoms with Gasteiger partial charge in [0, 0.05) is 37.6 Å². The van der Waals surface area contributed by atoms with Gasteiger partial charge in [0.05, 0.1) is 12.7 Å². The molecule has 6 heteroatoms. The van der Waals surface area contributed by atoms with Crippen LogP contribution in [0.3, 0.4) is 0 Å². The number of rotatable bonds is 7. The van der Waals surface area contributed by atoms with Crippen LogP contribution in [0.15, 0.2) is 72.9 Å². The summed E-state index contributed by atoms with van der Waals surface area (Å²) in [6.07, 6.45) is 2.70. The molecule has 1 aliphatic heterocycles. The maximum absolute atomic E-state index is 12.4. The molecule has 1 aromatic heterocycles. The number of anilines is 2. The molecule has 1 fully saturated rings. The summed E-state index contributed by atoms with van der Waals surface area (Å²) in [7, 11) is 1.69. The van der Waals surface area contributed by atoms with E-state index in [2.05, 4.69) is 32.7 Å². The summed E-state index contributed by atoms with van der Waals surface area (Å²) in [6, 6.07) is 21.7. The maximum Gasteiger partial charge on any atom is 0.257 e. The first kappa shape index (κ1) is 19.9. The summed E-state index contributed by atoms with van der Waals surface area (Å²) in [5, 5.41) is 6.50. The van der Waals surface area contributed by atoms with E-state index < -0.39 is 0 Å². The molecule has 0 aliphatic carbocycles. The van der Waals surface area contributed by atoms with E-state index in [-0.39, 0.29) is 5.91 Å². The average Bonchev–Trinajstić information content (AvgIpc) is 3.28. The van der Waals surface area contributed by atoms with Crippen LogP contribution in [0.1, 0.15) is 22.3 Å². The van der Waals surface area contributed by atoms with Gasteiger partial charge in [-0.15, -0.1) is 0 Å². The molecule has 1 aliphatic rings. The fourth-order valence-corrected chi connectivity index (χ4v) is 3.61. The highest BCUT2D eigenvalue weighted by molar-refractivity contribution is 6.04. The average molecular weight is 402 g/mol. The molecule has 154 valence electrons. The number of hydrogen-bond donors (Lipinski definition) is 2. The van der Waals surface area contributed by atoms with Crippen molar-refractivity contribution in [3.8, 4) is 5.75 Å². The Morgan fingerprint density at radius 1 is 1.13 bits per heavy atom. The molecule has 0 bridgehead atoms. The van der Waals surface area contributed by atoms with Crippen LogP contribution in [-0.2, 0) is 6.54 Å². The molecule has 30 heavy (non-hydrogen) atoms. The van der Waals surface area contributed by atoms with Gasteiger partial charge in [-0.2, -0.15) is 0 Å². The minimum atomic E-state index is -0.153. The van der Waals surface area contributed by atoms with E-state index in [0.29, 0.717) is 11.6 Å². The number of hydrogen-bond acceptors (Lipinski definition) is 5. The second-order valence-electron chi connectivity index (χ2n) is 7.39. The lowest BCUT2D eigenvalue weighted by Crippen LogP contribution is -2.32. The molecular weight excluding hydrogens is 376 g/mol. The molecule has 4 rings (SSSR count). The van der Waals surface area contributed by atoms with E-state index in [1.54, 1.807) is 13.3 Å². The lowest BCUT2D eigenvalue weighted by molar-refractivity contribution is 0.102. The van der Waals surface area contributed by atoms with Gasteiger partial charge >= 0.3 is 0 Å². The second kappa shape index (κ2) is 9.41. The van der Waals surface area contributed by atoms with Crippen LogP contribution in [0, 0.1) is 0 Å². The molecular formula is C24H26N4O2. The second-order valence-corrected chi connectivity index (χ2v) is 7.39. The largest absolute Gasteiger partial charge is 0.497 e. The number of benzene rings is 2. The summed E-state index contributed by atoms with van der Waals surface area (Å²) in [5.41, 5.74) is 2.53. The summed E-state index contributed by atoms with van der Waals surface area (Å²) in [4.78, 5) is 19.2. The molecule has 2 aromatic carbocycles. The Morgan fingerprint density at radius 3 is 2.77 bits per heavy atom. The number of para-hydroxylation sites is 1. The predicted octanol–water partition coefficient (Wildman–Crippen LogP) is 3.71. The number of pyridine rings is 1. The van der Waals surface area contributed by atoms with Crippen molar-refractivity contribution in [3.05, 3.63) is 84.1 Å². The SMILES string of the molecule is COc1cccc(CNC2CCN(c3ccc(C(=O)Nc4ccccc4)cn3)C2)c1. The Morgan fingerprint density at radius 2 is 2.00 bits per heavy atom. The van der Waals surface area contributed by atoms with Crippen molar-refractivity contribution < 1.29 is 9.53 Å². The minimum absolute atomic E-state index is 0.153. The fraction of sp³-hybridized carbons (Fsp3) is 0.250. The molecule has 6 nitrogen and oxygen atoms in total. The molecule has 2 N–H and O–H groups in total. The Balaban J connectivity index is 1.30. The maximum atomic E-state index is 12.4. The third-order valence-corrected chi connectivity index (χ3v) is 5.28. The van der Waals surface area contributed by atoms with Crippen LogP contribution in [0.25, 0.3) is 0 Å². The van der Waals surface area contributed by atoms with Crippen LogP contribution >= 0.6 is 0 Å². The Hall–Kier alpha value is -3.38. The zero-order valence-electron chi connectivity index (χ0n) is 17.0. The molecule has 1 saturated heterocycles. The number of nitrogens with one attached hydrogen (secondary N) is 2. The predicted molar refractivity (Wildman–Crippen MR) is 119 cm³/mol. The van der Waals surface area contributed by atoms with Crippen molar-refractivity contribution in [2.24, 2.45) is 0 Å². The van der Waals surface area contributed by atoms with Crippen LogP contribution in [0.2, 0.25) is 0 Å². The molecule has 1 amide bonds. The number of amides is 1. The topological polar surface area (TPSA) is 66.5 Å². The van der Waals surface area contributed by atoms with Gasteiger partial charge in [0.15, 0.2) is 0 Å². The third-order valence-electron chi connectivity index (χ3n) is 5.28. The highest BCUT2D eigenvalue weighted by Gasteiger charge is 2.23. The lowest BCUT2D eigenvalue weighted by Gasteiger charge is -2.18. The number of nitrogens with zero attached hydrogens (tertiary/aromatic N) is 2. The van der Waals surface area contributed by atoms with Crippen molar-refractivity contribution in [1.82, 2.24) is 10.3 Å². The van der Waals surface area contributed by atoms with Gasteiger partial charge in [-0.1, -0.05) is 30.3 Å². The number of ether oxygens (including phenoxy) is 1. The third kappa shape index (κ3) is 4.96. The first-order chi connectivity index (χ1) is 14.7. The molecule has 0 radical (unpaired) electrons. The van der Waals surface area contributed by atoms with Gasteiger partial charge in [-0.05, 0) is 48.4 Å². The van der Waals surface area contributed by atoms with Gasteiger partial charge in [-0.25, -0.2) is 4.98 Å². The van der Waals surface area contributed by atoms with Gasteiger partial charge in [0.2, 0.25) is 0 Å². The number of carbonyl (C=O) groups excluding carboxylic acids is 1. The Labute approximate surface area is 176 Å². The summed E-state index contributed by atoms with van der Waals surface area (Å²) < 4.78 is 5.29. The van der Waals surface area contributed by atoms with Crippen molar-refractivity contribution in [2.75, 3.05) is 30.4 Å². The van der Waals surface area contributed by atoms with Crippen LogP contribution < -0.4 is 20.3 Å². The van der Waals surface area contributed by atoms with Crippen molar-refractivity contribution in [1.29, 1.82) is 0 Å². The van der Waals surface area contributed by atoms with Crippen LogP contribution in [-0.4, -0.2) is 37.1 Å². The van der Waals surface area contributed by atoms with Gasteiger partial charge in [0.25, 0.3) is 5.91 Å². The fourth-order valence-electron chi connectivity index (χ4n) is 3.61. The van der Waals surface area contributed by atoms with Gasteiger partial charge in [-0.3, -0.25) is 4.79 Å². The van der Waals surface area contributed by atoms with E-state index in [0.717, 1.165) is 43.3 Å². The summed E-state index contributed by atoms with van der Waals surface area (Å²) in [5.74, 6) is 1.62. The molecule has 1 unspecified atom stereocenters. The van der Waals surface area contributed by atoms with E-state index >= 15 is 0 Å².